The van der Waals surface area contributed by atoms with Gasteiger partial charge in [0.15, 0.2) is 0 Å². The Morgan fingerprint density at radius 1 is 1.12 bits per heavy atom. The molecule has 0 atom stereocenters. The molecule has 0 aliphatic carbocycles. The lowest BCUT2D eigenvalue weighted by Gasteiger charge is -2.08. The van der Waals surface area contributed by atoms with Gasteiger partial charge in [-0.15, -0.1) is 0 Å². The van der Waals surface area contributed by atoms with Crippen LogP contribution in [0.25, 0.3) is 0 Å². The molecule has 0 unspecified atom stereocenters. The normalized spacial score (nSPS) is 11.1. The highest BCUT2D eigenvalue weighted by atomic mass is 79.9. The summed E-state index contributed by atoms with van der Waals surface area (Å²) in [6.07, 6.45) is 0. The molecule has 0 aromatic heterocycles. The Bertz CT molecular complexity index is 839. The van der Waals surface area contributed by atoms with Gasteiger partial charge in [0.2, 0.25) is 10.0 Å². The molecule has 0 bridgehead atoms. The predicted molar refractivity (Wildman–Crippen MR) is 87.7 cm³/mol. The minimum absolute atomic E-state index is 0.0594. The van der Waals surface area contributed by atoms with E-state index in [0.717, 1.165) is 22.7 Å². The van der Waals surface area contributed by atoms with Crippen LogP contribution in [0.4, 0.5) is 4.39 Å². The average Bonchev–Trinajstić information content (AvgIpc) is 2.52. The summed E-state index contributed by atoms with van der Waals surface area (Å²) in [5.74, 6) is -1.32. The van der Waals surface area contributed by atoms with Crippen LogP contribution in [0.1, 0.15) is 10.4 Å². The largest absolute Gasteiger partial charge is 0.490 e. The molecule has 0 aliphatic rings. The van der Waals surface area contributed by atoms with Crippen molar-refractivity contribution in [1.82, 2.24) is 0 Å². The first kappa shape index (κ1) is 18.4. The smallest absolute Gasteiger partial charge is 0.341 e. The van der Waals surface area contributed by atoms with E-state index in [1.807, 2.05) is 0 Å². The maximum absolute atomic E-state index is 13.6. The minimum Gasteiger partial charge on any atom is -0.490 e. The SMILES string of the molecule is NS(=O)(=O)c1ccc(F)c(C(=O)OCCOc2ccc(Br)cc2)c1. The van der Waals surface area contributed by atoms with Crippen molar-refractivity contribution in [2.45, 2.75) is 4.90 Å². The highest BCUT2D eigenvalue weighted by Gasteiger charge is 2.17. The van der Waals surface area contributed by atoms with E-state index in [1.165, 1.54) is 0 Å². The molecule has 24 heavy (non-hydrogen) atoms. The van der Waals surface area contributed by atoms with Gasteiger partial charge < -0.3 is 9.47 Å². The van der Waals surface area contributed by atoms with Gasteiger partial charge in [-0.3, -0.25) is 0 Å². The molecule has 0 heterocycles. The summed E-state index contributed by atoms with van der Waals surface area (Å²) in [7, 11) is -4.04. The van der Waals surface area contributed by atoms with Gasteiger partial charge in [0.1, 0.15) is 24.8 Å². The van der Waals surface area contributed by atoms with Gasteiger partial charge in [-0.2, -0.15) is 0 Å². The number of nitrogens with two attached hydrogens (primary N) is 1. The van der Waals surface area contributed by atoms with Gasteiger partial charge in [-0.1, -0.05) is 15.9 Å². The second-order valence-electron chi connectivity index (χ2n) is 4.62. The third-order valence-electron chi connectivity index (χ3n) is 2.89. The van der Waals surface area contributed by atoms with Crippen LogP contribution in [0.3, 0.4) is 0 Å². The maximum Gasteiger partial charge on any atom is 0.341 e. The Labute approximate surface area is 146 Å². The molecule has 0 aliphatic heterocycles. The van der Waals surface area contributed by atoms with Crippen LogP contribution in [-0.2, 0) is 14.8 Å². The summed E-state index contributed by atoms with van der Waals surface area (Å²) >= 11 is 3.29. The summed E-state index contributed by atoms with van der Waals surface area (Å²) in [4.78, 5) is 11.5. The molecular formula is C15H13BrFNO5S. The Morgan fingerprint density at radius 3 is 2.42 bits per heavy atom. The zero-order valence-corrected chi connectivity index (χ0v) is 14.6. The van der Waals surface area contributed by atoms with Crippen LogP contribution < -0.4 is 9.88 Å². The van der Waals surface area contributed by atoms with Crippen molar-refractivity contribution in [2.24, 2.45) is 5.14 Å². The molecule has 6 nitrogen and oxygen atoms in total. The molecule has 9 heteroatoms. The van der Waals surface area contributed by atoms with E-state index in [9.17, 15) is 17.6 Å². The molecule has 0 spiro atoms. The van der Waals surface area contributed by atoms with E-state index >= 15 is 0 Å². The number of rotatable bonds is 6. The monoisotopic (exact) mass is 417 g/mol. The first-order chi connectivity index (χ1) is 11.3. The first-order valence-corrected chi connectivity index (χ1v) is 8.99. The number of carbonyl (C=O) groups excluding carboxylic acids is 1. The lowest BCUT2D eigenvalue weighted by molar-refractivity contribution is 0.0445. The van der Waals surface area contributed by atoms with E-state index in [2.05, 4.69) is 15.9 Å². The number of benzene rings is 2. The van der Waals surface area contributed by atoms with Crippen LogP contribution in [0.15, 0.2) is 51.8 Å². The number of halogens is 2. The number of hydrogen-bond acceptors (Lipinski definition) is 5. The number of sulfonamides is 1. The van der Waals surface area contributed by atoms with Gasteiger partial charge in [0, 0.05) is 4.47 Å². The van der Waals surface area contributed by atoms with E-state index < -0.39 is 27.4 Å². The standard InChI is InChI=1S/C15H13BrFNO5S/c16-10-1-3-11(4-2-10)22-7-8-23-15(19)13-9-12(24(18,20)21)5-6-14(13)17/h1-6,9H,7-8H2,(H2,18,20,21). The van der Waals surface area contributed by atoms with E-state index in [-0.39, 0.29) is 18.1 Å². The Morgan fingerprint density at radius 2 is 1.79 bits per heavy atom. The highest BCUT2D eigenvalue weighted by Crippen LogP contribution is 2.17. The molecular weight excluding hydrogens is 405 g/mol. The molecule has 2 aromatic carbocycles. The van der Waals surface area contributed by atoms with Crippen molar-refractivity contribution in [3.63, 3.8) is 0 Å². The molecule has 0 amide bonds. The topological polar surface area (TPSA) is 95.7 Å². The van der Waals surface area contributed by atoms with Crippen molar-refractivity contribution in [1.29, 1.82) is 0 Å². The molecule has 2 rings (SSSR count). The maximum atomic E-state index is 13.6. The van der Waals surface area contributed by atoms with Gasteiger partial charge in [-0.25, -0.2) is 22.7 Å². The molecule has 0 fully saturated rings. The summed E-state index contributed by atoms with van der Waals surface area (Å²) in [5.41, 5.74) is -0.509. The van der Waals surface area contributed by atoms with E-state index in [0.29, 0.717) is 5.75 Å². The van der Waals surface area contributed by atoms with Crippen LogP contribution in [0, 0.1) is 5.82 Å². The summed E-state index contributed by atoms with van der Waals surface area (Å²) < 4.78 is 47.2. The average molecular weight is 418 g/mol. The van der Waals surface area contributed by atoms with Gasteiger partial charge >= 0.3 is 5.97 Å². The van der Waals surface area contributed by atoms with Crippen molar-refractivity contribution in [3.8, 4) is 5.75 Å². The van der Waals surface area contributed by atoms with E-state index in [4.69, 9.17) is 14.6 Å². The third-order valence-corrected chi connectivity index (χ3v) is 4.32. The summed E-state index contributed by atoms with van der Waals surface area (Å²) in [6.45, 7) is -0.0716. The molecule has 0 saturated heterocycles. The fourth-order valence-corrected chi connectivity index (χ4v) is 2.54. The lowest BCUT2D eigenvalue weighted by Crippen LogP contribution is -2.16. The third kappa shape index (κ3) is 5.02. The quantitative estimate of drug-likeness (QED) is 0.575. The molecule has 0 saturated carbocycles. The molecule has 2 N–H and O–H groups in total. The zero-order valence-electron chi connectivity index (χ0n) is 12.2. The second-order valence-corrected chi connectivity index (χ2v) is 7.10. The molecule has 128 valence electrons. The van der Waals surface area contributed by atoms with Crippen LogP contribution in [0.2, 0.25) is 0 Å². The summed E-state index contributed by atoms with van der Waals surface area (Å²) in [5, 5.41) is 4.95. The van der Waals surface area contributed by atoms with Crippen LogP contribution in [-0.4, -0.2) is 27.6 Å². The number of ether oxygens (including phenoxy) is 2. The lowest BCUT2D eigenvalue weighted by atomic mass is 10.2. The van der Waals surface area contributed by atoms with Crippen molar-refractivity contribution < 1.29 is 27.1 Å². The summed E-state index contributed by atoms with van der Waals surface area (Å²) in [6, 6.07) is 9.67. The highest BCUT2D eigenvalue weighted by molar-refractivity contribution is 9.10. The molecule has 0 radical (unpaired) electrons. The van der Waals surface area contributed by atoms with Gasteiger partial charge in [0.05, 0.1) is 10.5 Å². The molecule has 2 aromatic rings. The Kier molecular flexibility index (Phi) is 5.92. The minimum atomic E-state index is -4.04. The fourth-order valence-electron chi connectivity index (χ4n) is 1.74. The van der Waals surface area contributed by atoms with Crippen molar-refractivity contribution in [3.05, 3.63) is 58.3 Å². The van der Waals surface area contributed by atoms with Crippen LogP contribution >= 0.6 is 15.9 Å². The number of primary sulfonamides is 1. The first-order valence-electron chi connectivity index (χ1n) is 6.65. The fraction of sp³-hybridized carbons (Fsp3) is 0.133. The predicted octanol–water partition coefficient (Wildman–Crippen LogP) is 2.47. The van der Waals surface area contributed by atoms with Crippen molar-refractivity contribution >= 4 is 31.9 Å². The second kappa shape index (κ2) is 7.73. The zero-order chi connectivity index (χ0) is 17.7. The van der Waals surface area contributed by atoms with Gasteiger partial charge in [-0.05, 0) is 42.5 Å². The van der Waals surface area contributed by atoms with E-state index in [1.54, 1.807) is 24.3 Å². The Balaban J connectivity index is 1.94. The number of carbonyl (C=O) groups is 1. The van der Waals surface area contributed by atoms with Gasteiger partial charge in [0.25, 0.3) is 0 Å². The number of esters is 1. The van der Waals surface area contributed by atoms with Crippen molar-refractivity contribution in [2.75, 3.05) is 13.2 Å². The Hall–Kier alpha value is -1.97. The number of hydrogen-bond donors (Lipinski definition) is 1. The van der Waals surface area contributed by atoms with Crippen LogP contribution in [0.5, 0.6) is 5.75 Å².